The molecule has 2 rings (SSSR count). The molecule has 0 aliphatic heterocycles. The molecule has 1 aromatic heterocycles. The minimum absolute atomic E-state index is 0.291. The second kappa shape index (κ2) is 6.03. The van der Waals surface area contributed by atoms with Crippen molar-refractivity contribution in [3.05, 3.63) is 36.0 Å². The van der Waals surface area contributed by atoms with Crippen molar-refractivity contribution in [1.82, 2.24) is 4.57 Å². The first-order chi connectivity index (χ1) is 8.72. The van der Waals surface area contributed by atoms with Crippen LogP contribution in [0.5, 0.6) is 0 Å². The van der Waals surface area contributed by atoms with Crippen LogP contribution in [0.15, 0.2) is 30.5 Å². The molecule has 0 saturated heterocycles. The molecule has 0 aliphatic carbocycles. The first-order valence-corrected chi connectivity index (χ1v) is 6.60. The summed E-state index contributed by atoms with van der Waals surface area (Å²) in [6.45, 7) is 6.47. The van der Waals surface area contributed by atoms with Gasteiger partial charge in [-0.1, -0.05) is 12.1 Å². The van der Waals surface area contributed by atoms with Crippen molar-refractivity contribution in [2.75, 3.05) is 13.2 Å². The zero-order valence-electron chi connectivity index (χ0n) is 11.2. The molecular formula is C15H22N2O. The van der Waals surface area contributed by atoms with Gasteiger partial charge in [-0.05, 0) is 44.5 Å². The van der Waals surface area contributed by atoms with Crippen molar-refractivity contribution in [2.24, 2.45) is 5.73 Å². The maximum atomic E-state index is 5.65. The van der Waals surface area contributed by atoms with E-state index in [0.29, 0.717) is 12.6 Å². The highest BCUT2D eigenvalue weighted by atomic mass is 16.5. The van der Waals surface area contributed by atoms with Crippen LogP contribution in [0.2, 0.25) is 0 Å². The second-order valence-electron chi connectivity index (χ2n) is 4.82. The van der Waals surface area contributed by atoms with Crippen LogP contribution < -0.4 is 5.73 Å². The van der Waals surface area contributed by atoms with Gasteiger partial charge in [-0.25, -0.2) is 0 Å². The van der Waals surface area contributed by atoms with Crippen LogP contribution in [0, 0.1) is 0 Å². The van der Waals surface area contributed by atoms with Gasteiger partial charge in [0.05, 0.1) is 12.7 Å². The van der Waals surface area contributed by atoms with Crippen LogP contribution >= 0.6 is 0 Å². The average molecular weight is 246 g/mol. The summed E-state index contributed by atoms with van der Waals surface area (Å²) in [7, 11) is 0. The summed E-state index contributed by atoms with van der Waals surface area (Å²) in [4.78, 5) is 0. The maximum absolute atomic E-state index is 5.65. The number of aromatic nitrogens is 1. The minimum atomic E-state index is 0.291. The molecule has 0 saturated carbocycles. The molecule has 3 nitrogen and oxygen atoms in total. The van der Waals surface area contributed by atoms with Crippen molar-refractivity contribution in [3.63, 3.8) is 0 Å². The number of ether oxygens (including phenoxy) is 1. The van der Waals surface area contributed by atoms with Gasteiger partial charge in [-0.3, -0.25) is 0 Å². The highest BCUT2D eigenvalue weighted by molar-refractivity contribution is 5.83. The molecule has 1 aromatic carbocycles. The summed E-state index contributed by atoms with van der Waals surface area (Å²) >= 11 is 0. The van der Waals surface area contributed by atoms with Crippen LogP contribution in [0.1, 0.15) is 19.4 Å². The Labute approximate surface area is 109 Å². The van der Waals surface area contributed by atoms with E-state index in [1.165, 1.54) is 16.5 Å². The smallest absolute Gasteiger partial charge is 0.0649 e. The summed E-state index contributed by atoms with van der Waals surface area (Å²) in [5, 5.41) is 1.31. The van der Waals surface area contributed by atoms with Crippen molar-refractivity contribution >= 4 is 10.9 Å². The van der Waals surface area contributed by atoms with Crippen molar-refractivity contribution in [3.8, 4) is 0 Å². The van der Waals surface area contributed by atoms with Gasteiger partial charge >= 0.3 is 0 Å². The summed E-state index contributed by atoms with van der Waals surface area (Å²) in [6, 6.07) is 8.59. The fourth-order valence-electron chi connectivity index (χ4n) is 2.24. The van der Waals surface area contributed by atoms with Crippen LogP contribution in [-0.2, 0) is 17.7 Å². The van der Waals surface area contributed by atoms with E-state index < -0.39 is 0 Å². The van der Waals surface area contributed by atoms with Gasteiger partial charge in [0.25, 0.3) is 0 Å². The lowest BCUT2D eigenvalue weighted by Crippen LogP contribution is -2.09. The molecule has 0 amide bonds. The minimum Gasteiger partial charge on any atom is -0.377 e. The molecule has 0 radical (unpaired) electrons. The van der Waals surface area contributed by atoms with E-state index in [0.717, 1.165) is 19.6 Å². The van der Waals surface area contributed by atoms with Gasteiger partial charge in [-0.15, -0.1) is 0 Å². The normalized spacial score (nSPS) is 11.6. The van der Waals surface area contributed by atoms with Crippen LogP contribution in [0.3, 0.4) is 0 Å². The Morgan fingerprint density at radius 3 is 2.83 bits per heavy atom. The number of fused-ring (bicyclic) bond motifs is 1. The standard InChI is InChI=1S/C15H22N2O/c1-12(2)18-11-10-17-9-7-14-13(6-8-16)4-3-5-15(14)17/h3-5,7,9,12H,6,8,10-11,16H2,1-2H3. The predicted molar refractivity (Wildman–Crippen MR) is 75.8 cm³/mol. The highest BCUT2D eigenvalue weighted by Crippen LogP contribution is 2.20. The van der Waals surface area contributed by atoms with E-state index in [2.05, 4.69) is 48.9 Å². The van der Waals surface area contributed by atoms with Crippen molar-refractivity contribution in [1.29, 1.82) is 0 Å². The van der Waals surface area contributed by atoms with Gasteiger partial charge in [0.15, 0.2) is 0 Å². The predicted octanol–water partition coefficient (Wildman–Crippen LogP) is 2.57. The topological polar surface area (TPSA) is 40.2 Å². The molecule has 0 fully saturated rings. The molecule has 18 heavy (non-hydrogen) atoms. The lowest BCUT2D eigenvalue weighted by Gasteiger charge is -2.09. The third-order valence-corrected chi connectivity index (χ3v) is 3.10. The lowest BCUT2D eigenvalue weighted by molar-refractivity contribution is 0.0733. The van der Waals surface area contributed by atoms with Gasteiger partial charge in [0, 0.05) is 23.6 Å². The molecule has 0 bridgehead atoms. The number of nitrogens with zero attached hydrogens (tertiary/aromatic N) is 1. The van der Waals surface area contributed by atoms with E-state index in [1.807, 2.05) is 0 Å². The summed E-state index contributed by atoms with van der Waals surface area (Å²) < 4.78 is 7.85. The van der Waals surface area contributed by atoms with E-state index in [4.69, 9.17) is 10.5 Å². The molecule has 2 aromatic rings. The van der Waals surface area contributed by atoms with Gasteiger partial charge in [0.2, 0.25) is 0 Å². The summed E-state index contributed by atoms with van der Waals surface area (Å²) in [6.07, 6.45) is 3.36. The van der Waals surface area contributed by atoms with Crippen molar-refractivity contribution in [2.45, 2.75) is 32.9 Å². The van der Waals surface area contributed by atoms with Crippen LogP contribution in [0.25, 0.3) is 10.9 Å². The van der Waals surface area contributed by atoms with E-state index in [9.17, 15) is 0 Å². The first kappa shape index (κ1) is 13.1. The largest absolute Gasteiger partial charge is 0.377 e. The molecule has 0 unspecified atom stereocenters. The second-order valence-corrected chi connectivity index (χ2v) is 4.82. The molecule has 3 heteroatoms. The number of nitrogens with two attached hydrogens (primary N) is 1. The molecule has 2 N–H and O–H groups in total. The Hall–Kier alpha value is -1.32. The molecular weight excluding hydrogens is 224 g/mol. The molecule has 0 aliphatic rings. The maximum Gasteiger partial charge on any atom is 0.0649 e. The van der Waals surface area contributed by atoms with Crippen LogP contribution in [-0.4, -0.2) is 23.8 Å². The fraction of sp³-hybridized carbons (Fsp3) is 0.467. The third kappa shape index (κ3) is 2.92. The van der Waals surface area contributed by atoms with Gasteiger partial charge < -0.3 is 15.0 Å². The average Bonchev–Trinajstić information content (AvgIpc) is 2.74. The van der Waals surface area contributed by atoms with Crippen molar-refractivity contribution < 1.29 is 4.74 Å². The Balaban J connectivity index is 2.17. The van der Waals surface area contributed by atoms with E-state index in [-0.39, 0.29) is 0 Å². The Morgan fingerprint density at radius 1 is 1.28 bits per heavy atom. The Kier molecular flexibility index (Phi) is 4.39. The number of benzene rings is 1. The molecule has 0 atom stereocenters. The van der Waals surface area contributed by atoms with Gasteiger partial charge in [0.1, 0.15) is 0 Å². The Morgan fingerprint density at radius 2 is 2.11 bits per heavy atom. The summed E-state index contributed by atoms with van der Waals surface area (Å²) in [5.41, 5.74) is 8.25. The van der Waals surface area contributed by atoms with Gasteiger partial charge in [-0.2, -0.15) is 0 Å². The highest BCUT2D eigenvalue weighted by Gasteiger charge is 2.05. The fourth-order valence-corrected chi connectivity index (χ4v) is 2.24. The number of rotatable bonds is 6. The lowest BCUT2D eigenvalue weighted by atomic mass is 10.1. The zero-order valence-corrected chi connectivity index (χ0v) is 11.2. The van der Waals surface area contributed by atoms with E-state index in [1.54, 1.807) is 0 Å². The zero-order chi connectivity index (χ0) is 13.0. The SMILES string of the molecule is CC(C)OCCn1ccc2c(CCN)cccc21. The van der Waals surface area contributed by atoms with E-state index >= 15 is 0 Å². The first-order valence-electron chi connectivity index (χ1n) is 6.60. The number of hydrogen-bond donors (Lipinski definition) is 1. The quantitative estimate of drug-likeness (QED) is 0.851. The molecule has 0 spiro atoms. The van der Waals surface area contributed by atoms with Crippen LogP contribution in [0.4, 0.5) is 0 Å². The third-order valence-electron chi connectivity index (χ3n) is 3.10. The molecule has 1 heterocycles. The number of hydrogen-bond acceptors (Lipinski definition) is 2. The Bertz CT molecular complexity index is 502. The summed E-state index contributed by atoms with van der Waals surface area (Å²) in [5.74, 6) is 0. The molecule has 98 valence electrons. The monoisotopic (exact) mass is 246 g/mol.